The van der Waals surface area contributed by atoms with Crippen molar-refractivity contribution >= 4 is 0 Å². The van der Waals surface area contributed by atoms with Crippen molar-refractivity contribution in [1.82, 2.24) is 0 Å². The predicted octanol–water partition coefficient (Wildman–Crippen LogP) is 3.81. The third-order valence-corrected chi connectivity index (χ3v) is 5.87. The molecule has 30 heavy (non-hydrogen) atoms. The minimum absolute atomic E-state index is 0.376. The van der Waals surface area contributed by atoms with Gasteiger partial charge in [0.05, 0.1) is 12.6 Å². The predicted molar refractivity (Wildman–Crippen MR) is 121 cm³/mol. The van der Waals surface area contributed by atoms with Gasteiger partial charge in [-0.2, -0.15) is 0 Å². The number of allylic oxidation sites excluding steroid dienone is 2. The fraction of sp³-hybridized carbons (Fsp3) is 0.917. The van der Waals surface area contributed by atoms with Crippen LogP contribution in [0.5, 0.6) is 0 Å². The molecule has 1 aliphatic rings. The van der Waals surface area contributed by atoms with Crippen LogP contribution in [0.25, 0.3) is 0 Å². The number of nitrogens with two attached hydrogens (primary N) is 1. The topological polar surface area (TPSA) is 105 Å². The van der Waals surface area contributed by atoms with Crippen LogP contribution in [0.15, 0.2) is 12.2 Å². The second-order valence-corrected chi connectivity index (χ2v) is 8.59. The molecule has 0 bridgehead atoms. The minimum Gasteiger partial charge on any atom is -0.394 e. The second kappa shape index (κ2) is 18.1. The summed E-state index contributed by atoms with van der Waals surface area (Å²) in [4.78, 5) is 0. The maximum Gasteiger partial charge on any atom is 0.175 e. The van der Waals surface area contributed by atoms with Gasteiger partial charge in [0.25, 0.3) is 0 Å². The summed E-state index contributed by atoms with van der Waals surface area (Å²) < 4.78 is 11.1. The molecule has 0 saturated carbocycles. The van der Waals surface area contributed by atoms with Gasteiger partial charge in [0.15, 0.2) is 6.29 Å². The standard InChI is InChI=1S/C24H47NO5/c1-2-3-4-5-6-7-8-9-10-11-12-13-14-15-16-17-18-29-24-21(25)23(28)22(27)20(19-26)30-24/h9-10,20-24,26-28H,2-8,11-19,25H2,1H3/t20?,21?,22-,23?,24-/m1/s1. The molecular formula is C24H47NO5. The van der Waals surface area contributed by atoms with Crippen LogP contribution in [0.4, 0.5) is 0 Å². The molecule has 0 aromatic carbocycles. The van der Waals surface area contributed by atoms with Crippen molar-refractivity contribution in [2.24, 2.45) is 5.73 Å². The summed E-state index contributed by atoms with van der Waals surface area (Å²) in [5.74, 6) is 0. The van der Waals surface area contributed by atoms with Gasteiger partial charge in [-0.1, -0.05) is 76.9 Å². The Morgan fingerprint density at radius 3 is 1.90 bits per heavy atom. The number of aliphatic hydroxyl groups is 3. The van der Waals surface area contributed by atoms with E-state index in [4.69, 9.17) is 15.2 Å². The monoisotopic (exact) mass is 429 g/mol. The van der Waals surface area contributed by atoms with Crippen LogP contribution in [-0.2, 0) is 9.47 Å². The molecular weight excluding hydrogens is 382 g/mol. The van der Waals surface area contributed by atoms with E-state index in [1.54, 1.807) is 0 Å². The highest BCUT2D eigenvalue weighted by molar-refractivity contribution is 4.91. The van der Waals surface area contributed by atoms with Gasteiger partial charge in [-0.25, -0.2) is 0 Å². The van der Waals surface area contributed by atoms with Crippen molar-refractivity contribution in [3.05, 3.63) is 12.2 Å². The van der Waals surface area contributed by atoms with Gasteiger partial charge in [-0.3, -0.25) is 0 Å². The van der Waals surface area contributed by atoms with Crippen LogP contribution in [0, 0.1) is 0 Å². The second-order valence-electron chi connectivity index (χ2n) is 8.59. The summed E-state index contributed by atoms with van der Waals surface area (Å²) in [5.41, 5.74) is 5.85. The Labute approximate surface area is 183 Å². The molecule has 0 aromatic rings. The van der Waals surface area contributed by atoms with Gasteiger partial charge in [0.2, 0.25) is 0 Å². The molecule has 6 nitrogen and oxygen atoms in total. The summed E-state index contributed by atoms with van der Waals surface area (Å²) in [5, 5.41) is 28.9. The minimum atomic E-state index is -1.18. The molecule has 0 radical (unpaired) electrons. The lowest BCUT2D eigenvalue weighted by Crippen LogP contribution is -2.62. The van der Waals surface area contributed by atoms with Gasteiger partial charge >= 0.3 is 0 Å². The van der Waals surface area contributed by atoms with Crippen molar-refractivity contribution in [2.75, 3.05) is 13.2 Å². The van der Waals surface area contributed by atoms with Gasteiger partial charge in [0, 0.05) is 6.61 Å². The SMILES string of the molecule is CCCCCCCCC=CCCCCCCCCO[C@@H]1OC(CO)[C@@H](O)C(O)C1N. The maximum atomic E-state index is 9.91. The first-order valence-electron chi connectivity index (χ1n) is 12.3. The molecule has 1 rings (SSSR count). The van der Waals surface area contributed by atoms with Crippen molar-refractivity contribution in [2.45, 2.75) is 127 Å². The number of rotatable bonds is 18. The zero-order chi connectivity index (χ0) is 22.0. The van der Waals surface area contributed by atoms with Crippen LogP contribution in [0.2, 0.25) is 0 Å². The molecule has 1 saturated heterocycles. The number of hydrogen-bond acceptors (Lipinski definition) is 6. The maximum absolute atomic E-state index is 9.91. The first-order valence-corrected chi connectivity index (χ1v) is 12.3. The Morgan fingerprint density at radius 2 is 1.33 bits per heavy atom. The molecule has 0 aromatic heterocycles. The molecule has 0 amide bonds. The van der Waals surface area contributed by atoms with Crippen molar-refractivity contribution in [3.63, 3.8) is 0 Å². The molecule has 5 N–H and O–H groups in total. The Balaban J connectivity index is 1.90. The lowest BCUT2D eigenvalue weighted by atomic mass is 9.98. The Hall–Kier alpha value is -0.500. The molecule has 1 fully saturated rings. The van der Waals surface area contributed by atoms with E-state index in [1.807, 2.05) is 0 Å². The Kier molecular flexibility index (Phi) is 16.6. The fourth-order valence-electron chi connectivity index (χ4n) is 3.80. The highest BCUT2D eigenvalue weighted by Crippen LogP contribution is 2.21. The fourth-order valence-corrected chi connectivity index (χ4v) is 3.80. The molecule has 6 heteroatoms. The number of unbranched alkanes of at least 4 members (excludes halogenated alkanes) is 12. The average Bonchev–Trinajstić information content (AvgIpc) is 2.75. The third-order valence-electron chi connectivity index (χ3n) is 5.87. The van der Waals surface area contributed by atoms with Gasteiger partial charge in [-0.15, -0.1) is 0 Å². The van der Waals surface area contributed by atoms with E-state index in [1.165, 1.54) is 77.0 Å². The first kappa shape index (κ1) is 27.5. The molecule has 1 aliphatic heterocycles. The van der Waals surface area contributed by atoms with Gasteiger partial charge < -0.3 is 30.5 Å². The van der Waals surface area contributed by atoms with Crippen molar-refractivity contribution < 1.29 is 24.8 Å². The number of aliphatic hydroxyl groups excluding tert-OH is 3. The van der Waals surface area contributed by atoms with Crippen molar-refractivity contribution in [3.8, 4) is 0 Å². The number of hydrogen-bond donors (Lipinski definition) is 4. The molecule has 178 valence electrons. The van der Waals surface area contributed by atoms with E-state index in [0.717, 1.165) is 12.8 Å². The van der Waals surface area contributed by atoms with Gasteiger partial charge in [0.1, 0.15) is 18.3 Å². The quantitative estimate of drug-likeness (QED) is 0.195. The largest absolute Gasteiger partial charge is 0.394 e. The normalized spacial score (nSPS) is 27.2. The van der Waals surface area contributed by atoms with Gasteiger partial charge in [-0.05, 0) is 32.1 Å². The van der Waals surface area contributed by atoms with Crippen LogP contribution in [0.3, 0.4) is 0 Å². The van der Waals surface area contributed by atoms with Crippen molar-refractivity contribution in [1.29, 1.82) is 0 Å². The summed E-state index contributed by atoms with van der Waals surface area (Å²) >= 11 is 0. The highest BCUT2D eigenvalue weighted by Gasteiger charge is 2.42. The average molecular weight is 430 g/mol. The van der Waals surface area contributed by atoms with Crippen LogP contribution < -0.4 is 5.73 Å². The van der Waals surface area contributed by atoms with E-state index < -0.39 is 30.6 Å². The van der Waals surface area contributed by atoms with E-state index in [9.17, 15) is 15.3 Å². The Morgan fingerprint density at radius 1 is 0.800 bits per heavy atom. The molecule has 1 heterocycles. The summed E-state index contributed by atoms with van der Waals surface area (Å²) in [6.07, 6.45) is 18.3. The molecule has 0 spiro atoms. The zero-order valence-corrected chi connectivity index (χ0v) is 19.1. The van der Waals surface area contributed by atoms with E-state index in [0.29, 0.717) is 6.61 Å². The van der Waals surface area contributed by atoms with Crippen LogP contribution in [0.1, 0.15) is 96.8 Å². The Bertz CT molecular complexity index is 418. The summed E-state index contributed by atoms with van der Waals surface area (Å²) in [6, 6.07) is -0.808. The smallest absolute Gasteiger partial charge is 0.175 e. The van der Waals surface area contributed by atoms with E-state index >= 15 is 0 Å². The first-order chi connectivity index (χ1) is 14.6. The van der Waals surface area contributed by atoms with E-state index in [2.05, 4.69) is 19.1 Å². The third kappa shape index (κ3) is 11.8. The summed E-state index contributed by atoms with van der Waals surface area (Å²) in [6.45, 7) is 2.38. The zero-order valence-electron chi connectivity index (χ0n) is 19.1. The highest BCUT2D eigenvalue weighted by atomic mass is 16.7. The summed E-state index contributed by atoms with van der Waals surface area (Å²) in [7, 11) is 0. The van der Waals surface area contributed by atoms with E-state index in [-0.39, 0.29) is 6.61 Å². The number of ether oxygens (including phenoxy) is 2. The molecule has 5 atom stereocenters. The molecule has 0 aliphatic carbocycles. The molecule has 3 unspecified atom stereocenters. The lowest BCUT2D eigenvalue weighted by molar-refractivity contribution is -0.265. The lowest BCUT2D eigenvalue weighted by Gasteiger charge is -2.40. The van der Waals surface area contributed by atoms with Crippen LogP contribution >= 0.6 is 0 Å². The van der Waals surface area contributed by atoms with Crippen LogP contribution in [-0.4, -0.2) is 59.2 Å².